The van der Waals surface area contributed by atoms with Crippen LogP contribution in [0.1, 0.15) is 24.8 Å². The average molecular weight is 240 g/mol. The normalized spacial score (nSPS) is 26.4. The number of rotatable bonds is 2. The monoisotopic (exact) mass is 239 g/mol. The van der Waals surface area contributed by atoms with Crippen molar-refractivity contribution in [1.29, 1.82) is 0 Å². The van der Waals surface area contributed by atoms with Gasteiger partial charge in [-0.25, -0.2) is 0 Å². The van der Waals surface area contributed by atoms with Crippen LogP contribution in [0.4, 0.5) is 0 Å². The minimum absolute atomic E-state index is 0.0753. The fourth-order valence-corrected chi connectivity index (χ4v) is 2.60. The Morgan fingerprint density at radius 1 is 1.19 bits per heavy atom. The van der Waals surface area contributed by atoms with Crippen LogP contribution in [0.25, 0.3) is 0 Å². The SMILES string of the molecule is OCC1(c2ccc(Cl)cc2)CCCNCC1. The van der Waals surface area contributed by atoms with Gasteiger partial charge in [0, 0.05) is 10.4 Å². The Kier molecular flexibility index (Phi) is 3.85. The van der Waals surface area contributed by atoms with E-state index in [1.807, 2.05) is 24.3 Å². The summed E-state index contributed by atoms with van der Waals surface area (Å²) in [5.74, 6) is 0. The summed E-state index contributed by atoms with van der Waals surface area (Å²) >= 11 is 5.90. The van der Waals surface area contributed by atoms with Crippen molar-refractivity contribution in [1.82, 2.24) is 5.32 Å². The first-order valence-electron chi connectivity index (χ1n) is 5.84. The van der Waals surface area contributed by atoms with Crippen LogP contribution in [-0.2, 0) is 5.41 Å². The van der Waals surface area contributed by atoms with E-state index in [-0.39, 0.29) is 12.0 Å². The molecule has 2 nitrogen and oxygen atoms in total. The van der Waals surface area contributed by atoms with E-state index in [0.29, 0.717) is 0 Å². The molecule has 88 valence electrons. The zero-order chi connectivity index (χ0) is 11.4. The van der Waals surface area contributed by atoms with E-state index in [1.165, 1.54) is 5.56 Å². The van der Waals surface area contributed by atoms with Gasteiger partial charge in [0.1, 0.15) is 0 Å². The topological polar surface area (TPSA) is 32.3 Å². The van der Waals surface area contributed by atoms with Gasteiger partial charge in [0.05, 0.1) is 6.61 Å². The molecule has 1 saturated heterocycles. The van der Waals surface area contributed by atoms with Crippen molar-refractivity contribution in [3.8, 4) is 0 Å². The molecule has 2 rings (SSSR count). The Bertz CT molecular complexity index is 328. The molecule has 1 aliphatic rings. The number of nitrogens with one attached hydrogen (secondary N) is 1. The summed E-state index contributed by atoms with van der Waals surface area (Å²) in [6, 6.07) is 7.91. The highest BCUT2D eigenvalue weighted by molar-refractivity contribution is 6.30. The van der Waals surface area contributed by atoms with Gasteiger partial charge in [0.2, 0.25) is 0 Å². The van der Waals surface area contributed by atoms with Gasteiger partial charge in [-0.05, 0) is 50.0 Å². The predicted molar refractivity (Wildman–Crippen MR) is 66.9 cm³/mol. The molecule has 1 aromatic carbocycles. The maximum Gasteiger partial charge on any atom is 0.0528 e. The molecule has 1 aliphatic heterocycles. The summed E-state index contributed by atoms with van der Waals surface area (Å²) < 4.78 is 0. The highest BCUT2D eigenvalue weighted by Gasteiger charge is 2.31. The lowest BCUT2D eigenvalue weighted by atomic mass is 9.75. The molecule has 1 atom stereocenters. The van der Waals surface area contributed by atoms with Crippen LogP contribution in [0, 0.1) is 0 Å². The Labute approximate surface area is 102 Å². The van der Waals surface area contributed by atoms with Gasteiger partial charge in [-0.15, -0.1) is 0 Å². The van der Waals surface area contributed by atoms with E-state index < -0.39 is 0 Å². The maximum absolute atomic E-state index is 9.73. The first-order chi connectivity index (χ1) is 7.77. The highest BCUT2D eigenvalue weighted by Crippen LogP contribution is 2.34. The van der Waals surface area contributed by atoms with Crippen LogP contribution in [-0.4, -0.2) is 24.8 Å². The summed E-state index contributed by atoms with van der Waals surface area (Å²) in [5, 5.41) is 13.9. The van der Waals surface area contributed by atoms with Crippen LogP contribution < -0.4 is 5.32 Å². The number of halogens is 1. The summed E-state index contributed by atoms with van der Waals surface area (Å²) in [4.78, 5) is 0. The van der Waals surface area contributed by atoms with Crippen LogP contribution in [0.3, 0.4) is 0 Å². The van der Waals surface area contributed by atoms with Gasteiger partial charge in [-0.1, -0.05) is 23.7 Å². The van der Waals surface area contributed by atoms with Gasteiger partial charge in [0.15, 0.2) is 0 Å². The molecule has 0 saturated carbocycles. The van der Waals surface area contributed by atoms with Crippen molar-refractivity contribution in [3.63, 3.8) is 0 Å². The lowest BCUT2D eigenvalue weighted by Gasteiger charge is -2.31. The molecule has 1 fully saturated rings. The second kappa shape index (κ2) is 5.17. The Hall–Kier alpha value is -0.570. The zero-order valence-electron chi connectivity index (χ0n) is 9.38. The molecule has 0 amide bonds. The summed E-state index contributed by atoms with van der Waals surface area (Å²) in [7, 11) is 0. The van der Waals surface area contributed by atoms with Crippen LogP contribution in [0.2, 0.25) is 5.02 Å². The number of aliphatic hydroxyl groups excluding tert-OH is 1. The van der Waals surface area contributed by atoms with Gasteiger partial charge in [-0.2, -0.15) is 0 Å². The number of aliphatic hydroxyl groups is 1. The molecule has 0 aliphatic carbocycles. The third-order valence-corrected chi connectivity index (χ3v) is 3.80. The summed E-state index contributed by atoms with van der Waals surface area (Å²) in [5.41, 5.74) is 1.14. The van der Waals surface area contributed by atoms with E-state index in [4.69, 9.17) is 11.6 Å². The summed E-state index contributed by atoms with van der Waals surface area (Å²) in [6.45, 7) is 2.24. The van der Waals surface area contributed by atoms with Crippen molar-refractivity contribution < 1.29 is 5.11 Å². The maximum atomic E-state index is 9.73. The fraction of sp³-hybridized carbons (Fsp3) is 0.538. The zero-order valence-corrected chi connectivity index (χ0v) is 10.1. The smallest absolute Gasteiger partial charge is 0.0528 e. The van der Waals surface area contributed by atoms with E-state index >= 15 is 0 Å². The predicted octanol–water partition coefficient (Wildman–Crippen LogP) is 2.34. The lowest BCUT2D eigenvalue weighted by Crippen LogP contribution is -2.31. The molecular weight excluding hydrogens is 222 g/mol. The van der Waals surface area contributed by atoms with Crippen LogP contribution in [0.15, 0.2) is 24.3 Å². The second-order valence-corrected chi connectivity index (χ2v) is 4.99. The van der Waals surface area contributed by atoms with E-state index in [2.05, 4.69) is 5.32 Å². The molecule has 16 heavy (non-hydrogen) atoms. The fourth-order valence-electron chi connectivity index (χ4n) is 2.47. The van der Waals surface area contributed by atoms with Crippen molar-refractivity contribution >= 4 is 11.6 Å². The molecular formula is C13H18ClNO. The van der Waals surface area contributed by atoms with Crippen LogP contribution >= 0.6 is 11.6 Å². The van der Waals surface area contributed by atoms with Crippen molar-refractivity contribution in [2.75, 3.05) is 19.7 Å². The number of hydrogen-bond donors (Lipinski definition) is 2. The molecule has 1 unspecified atom stereocenters. The molecule has 1 heterocycles. The van der Waals surface area contributed by atoms with E-state index in [9.17, 15) is 5.11 Å². The highest BCUT2D eigenvalue weighted by atomic mass is 35.5. The third kappa shape index (κ3) is 2.40. The standard InChI is InChI=1S/C13H18ClNO/c14-12-4-2-11(3-5-12)13(10-16)6-1-8-15-9-7-13/h2-5,15-16H,1,6-10H2. The first kappa shape index (κ1) is 11.9. The summed E-state index contributed by atoms with van der Waals surface area (Å²) in [6.07, 6.45) is 3.15. The third-order valence-electron chi connectivity index (χ3n) is 3.55. The number of hydrogen-bond acceptors (Lipinski definition) is 2. The van der Waals surface area contributed by atoms with Gasteiger partial charge < -0.3 is 10.4 Å². The molecule has 0 spiro atoms. The lowest BCUT2D eigenvalue weighted by molar-refractivity contribution is 0.179. The molecule has 2 N–H and O–H groups in total. The molecule has 0 bridgehead atoms. The van der Waals surface area contributed by atoms with E-state index in [1.54, 1.807) is 0 Å². The van der Waals surface area contributed by atoms with Crippen molar-refractivity contribution in [2.45, 2.75) is 24.7 Å². The minimum Gasteiger partial charge on any atom is -0.395 e. The largest absolute Gasteiger partial charge is 0.395 e. The molecule has 0 aromatic heterocycles. The Morgan fingerprint density at radius 3 is 2.62 bits per heavy atom. The van der Waals surface area contributed by atoms with Crippen molar-refractivity contribution in [2.24, 2.45) is 0 Å². The Morgan fingerprint density at radius 2 is 1.94 bits per heavy atom. The van der Waals surface area contributed by atoms with Gasteiger partial charge >= 0.3 is 0 Å². The van der Waals surface area contributed by atoms with E-state index in [0.717, 1.165) is 37.4 Å². The molecule has 1 aromatic rings. The van der Waals surface area contributed by atoms with Crippen molar-refractivity contribution in [3.05, 3.63) is 34.9 Å². The second-order valence-electron chi connectivity index (χ2n) is 4.55. The average Bonchev–Trinajstić information content (AvgIpc) is 2.56. The minimum atomic E-state index is -0.0753. The molecule has 0 radical (unpaired) electrons. The van der Waals surface area contributed by atoms with Crippen LogP contribution in [0.5, 0.6) is 0 Å². The first-order valence-corrected chi connectivity index (χ1v) is 6.22. The molecule has 3 heteroatoms. The Balaban J connectivity index is 2.28. The number of benzene rings is 1. The van der Waals surface area contributed by atoms with Gasteiger partial charge in [-0.3, -0.25) is 0 Å². The van der Waals surface area contributed by atoms with Gasteiger partial charge in [0.25, 0.3) is 0 Å². The quantitative estimate of drug-likeness (QED) is 0.831.